The van der Waals surface area contributed by atoms with Crippen molar-refractivity contribution in [3.63, 3.8) is 0 Å². The Balaban J connectivity index is 1.69. The van der Waals surface area contributed by atoms with Gasteiger partial charge < -0.3 is 19.7 Å². The zero-order valence-electron chi connectivity index (χ0n) is 46.4. The molecular weight excluding hydrogens is 853 g/mol. The Hall–Kier alpha value is -1.40. The Morgan fingerprint density at radius 2 is 0.623 bits per heavy atom. The number of carbonyl (C=O) groups is 2. The maximum Gasteiger partial charge on any atom is 0.309 e. The maximum absolute atomic E-state index is 12.5. The molecule has 1 aliphatic heterocycles. The third-order valence-electron chi connectivity index (χ3n) is 15.5. The predicted octanol–water partition coefficient (Wildman–Crippen LogP) is 19.5. The third kappa shape index (κ3) is 45.0. The molecule has 1 aliphatic rings. The second kappa shape index (κ2) is 52.9. The van der Waals surface area contributed by atoms with Crippen LogP contribution in [0.1, 0.15) is 341 Å². The van der Waals surface area contributed by atoms with E-state index in [0.717, 1.165) is 19.3 Å². The zero-order chi connectivity index (χ0) is 49.7. The van der Waals surface area contributed by atoms with E-state index in [1.165, 1.54) is 302 Å². The van der Waals surface area contributed by atoms with Crippen LogP contribution in [-0.2, 0) is 19.1 Å². The van der Waals surface area contributed by atoms with Crippen LogP contribution in [0.15, 0.2) is 12.2 Å². The van der Waals surface area contributed by atoms with Gasteiger partial charge in [-0.25, -0.2) is 0 Å². The molecule has 1 saturated heterocycles. The Morgan fingerprint density at radius 1 is 0.377 bits per heavy atom. The number of aliphatic hydroxyl groups is 2. The van der Waals surface area contributed by atoms with Crippen molar-refractivity contribution in [2.75, 3.05) is 26.4 Å². The summed E-state index contributed by atoms with van der Waals surface area (Å²) in [5.74, 6) is -1.40. The van der Waals surface area contributed by atoms with Gasteiger partial charge in [-0.05, 0) is 32.1 Å². The quantitative estimate of drug-likeness (QED) is 0.0358. The zero-order valence-corrected chi connectivity index (χ0v) is 46.4. The van der Waals surface area contributed by atoms with E-state index < -0.39 is 36.5 Å². The van der Waals surface area contributed by atoms with E-state index in [-0.39, 0.29) is 19.6 Å². The highest BCUT2D eigenvalue weighted by Crippen LogP contribution is 2.25. The Kier molecular flexibility index (Phi) is 50.3. The Bertz CT molecular complexity index is 1090. The van der Waals surface area contributed by atoms with Crippen LogP contribution >= 0.6 is 0 Å². The number of unbranched alkanes of at least 4 members (excludes halogenated alkanes) is 48. The molecule has 0 spiro atoms. The molecule has 0 bridgehead atoms. The lowest BCUT2D eigenvalue weighted by Gasteiger charge is -2.27. The molecule has 1 heterocycles. The topological polar surface area (TPSA) is 93.1 Å². The monoisotopic (exact) mass is 973 g/mol. The van der Waals surface area contributed by atoms with Gasteiger partial charge >= 0.3 is 11.9 Å². The first-order chi connectivity index (χ1) is 34.1. The van der Waals surface area contributed by atoms with E-state index in [9.17, 15) is 19.8 Å². The molecule has 1 unspecified atom stereocenters. The molecule has 2 N–H and O–H groups in total. The third-order valence-corrected chi connectivity index (χ3v) is 15.5. The molecule has 0 saturated carbocycles. The van der Waals surface area contributed by atoms with Gasteiger partial charge in [0.15, 0.2) is 0 Å². The lowest BCUT2D eigenvalue weighted by Crippen LogP contribution is -2.40. The van der Waals surface area contributed by atoms with Crippen LogP contribution in [0.2, 0.25) is 0 Å². The molecule has 69 heavy (non-hydrogen) atoms. The normalized spacial score (nSPS) is 15.4. The molecule has 0 aromatic heterocycles. The van der Waals surface area contributed by atoms with Crippen molar-refractivity contribution >= 4 is 11.9 Å². The van der Waals surface area contributed by atoms with Crippen LogP contribution in [0.25, 0.3) is 0 Å². The summed E-state index contributed by atoms with van der Waals surface area (Å²) < 4.78 is 10.6. The first kappa shape index (κ1) is 65.6. The number of esters is 2. The van der Waals surface area contributed by atoms with Crippen LogP contribution in [-0.4, -0.2) is 48.6 Å². The van der Waals surface area contributed by atoms with Gasteiger partial charge in [-0.15, -0.1) is 0 Å². The molecule has 6 nitrogen and oxygen atoms in total. The average Bonchev–Trinajstić information content (AvgIpc) is 3.41. The van der Waals surface area contributed by atoms with Crippen LogP contribution in [0.4, 0.5) is 0 Å². The second-order valence-electron chi connectivity index (χ2n) is 22.4. The minimum atomic E-state index is -1.12. The molecule has 6 heteroatoms. The second-order valence-corrected chi connectivity index (χ2v) is 22.4. The summed E-state index contributed by atoms with van der Waals surface area (Å²) in [6, 6.07) is 0. The summed E-state index contributed by atoms with van der Waals surface area (Å²) in [6.07, 6.45) is 75.7. The fourth-order valence-electron chi connectivity index (χ4n) is 10.4. The van der Waals surface area contributed by atoms with E-state index in [4.69, 9.17) is 9.47 Å². The molecule has 1 rings (SSSR count). The van der Waals surface area contributed by atoms with Gasteiger partial charge in [0.05, 0.1) is 31.0 Å². The van der Waals surface area contributed by atoms with Crippen molar-refractivity contribution < 1.29 is 29.3 Å². The van der Waals surface area contributed by atoms with E-state index in [1.54, 1.807) is 0 Å². The first-order valence-corrected chi connectivity index (χ1v) is 31.3. The van der Waals surface area contributed by atoms with E-state index >= 15 is 0 Å². The van der Waals surface area contributed by atoms with Crippen molar-refractivity contribution in [3.8, 4) is 0 Å². The van der Waals surface area contributed by atoms with Crippen molar-refractivity contribution in [2.45, 2.75) is 341 Å². The van der Waals surface area contributed by atoms with Crippen LogP contribution in [0.3, 0.4) is 0 Å². The molecule has 0 aliphatic carbocycles. The highest BCUT2D eigenvalue weighted by molar-refractivity contribution is 5.80. The molecule has 0 amide bonds. The number of rotatable bonds is 54. The van der Waals surface area contributed by atoms with E-state index in [2.05, 4.69) is 19.1 Å². The highest BCUT2D eigenvalue weighted by Gasteiger charge is 2.36. The largest absolute Gasteiger partial charge is 0.465 e. The van der Waals surface area contributed by atoms with Crippen molar-refractivity contribution in [1.29, 1.82) is 0 Å². The number of hydrogen-bond donors (Lipinski definition) is 2. The Morgan fingerprint density at radius 3 is 0.899 bits per heavy atom. The summed E-state index contributed by atoms with van der Waals surface area (Å²) in [5, 5.41) is 19.2. The van der Waals surface area contributed by atoms with Crippen LogP contribution in [0.5, 0.6) is 0 Å². The fourth-order valence-corrected chi connectivity index (χ4v) is 10.4. The summed E-state index contributed by atoms with van der Waals surface area (Å²) in [6.45, 7) is 1.21. The molecule has 1 atom stereocenters. The van der Waals surface area contributed by atoms with Gasteiger partial charge in [0.2, 0.25) is 0 Å². The number of cyclic esters (lactones) is 2. The van der Waals surface area contributed by atoms with Crippen molar-refractivity contribution in [1.82, 2.24) is 0 Å². The number of allylic oxidation sites excluding steroid dienone is 2. The number of ether oxygens (including phenoxy) is 2. The van der Waals surface area contributed by atoms with Crippen molar-refractivity contribution in [2.24, 2.45) is 11.3 Å². The van der Waals surface area contributed by atoms with Crippen LogP contribution < -0.4 is 0 Å². The molecule has 0 radical (unpaired) electrons. The number of carbonyl (C=O) groups excluding carboxylic acids is 2. The van der Waals surface area contributed by atoms with E-state index in [0.29, 0.717) is 6.42 Å². The van der Waals surface area contributed by atoms with Gasteiger partial charge in [-0.3, -0.25) is 9.59 Å². The lowest BCUT2D eigenvalue weighted by atomic mass is 9.92. The standard InChI is InChI=1S/C63H120O6/c1-2-3-4-5-6-7-8-9-10-11-12-13-14-15-16-17-18-19-20-21-22-23-24-25-26-27-28-29-30-31-32-33-34-35-36-37-38-39-40-41-42-43-44-45-46-47-48-49-50-51-52-53-54-60-55-61(66)68-58-63(56-64,57-65)59-69-62(60)67/h35-36,60,64-65H,2-34,37-59H2,1H3/b36-35+. The summed E-state index contributed by atoms with van der Waals surface area (Å²) in [4.78, 5) is 24.7. The number of hydrogen-bond acceptors (Lipinski definition) is 6. The molecule has 1 fully saturated rings. The minimum absolute atomic E-state index is 0.00340. The SMILES string of the molecule is CCCCCCCCCCCCCCCCCCCCCCCCCCCCCCCCCC/C=C/CCCCCCCCCCCCCCCCCCC1CC(=O)OCC(CO)(CO)COC1=O. The van der Waals surface area contributed by atoms with Gasteiger partial charge in [0, 0.05) is 0 Å². The minimum Gasteiger partial charge on any atom is -0.465 e. The molecule has 0 aromatic carbocycles. The van der Waals surface area contributed by atoms with Crippen LogP contribution in [0, 0.1) is 11.3 Å². The number of aliphatic hydroxyl groups excluding tert-OH is 2. The van der Waals surface area contributed by atoms with Gasteiger partial charge in [-0.1, -0.05) is 314 Å². The summed E-state index contributed by atoms with van der Waals surface area (Å²) in [7, 11) is 0. The average molecular weight is 974 g/mol. The van der Waals surface area contributed by atoms with Crippen molar-refractivity contribution in [3.05, 3.63) is 12.2 Å². The lowest BCUT2D eigenvalue weighted by molar-refractivity contribution is -0.155. The highest BCUT2D eigenvalue weighted by atomic mass is 16.6. The fraction of sp³-hybridized carbons (Fsp3) is 0.937. The summed E-state index contributed by atoms with van der Waals surface area (Å²) >= 11 is 0. The maximum atomic E-state index is 12.5. The predicted molar refractivity (Wildman–Crippen MR) is 297 cm³/mol. The Labute approximate surface area is 430 Å². The van der Waals surface area contributed by atoms with E-state index in [1.807, 2.05) is 0 Å². The summed E-state index contributed by atoms with van der Waals surface area (Å²) in [5.41, 5.74) is -1.12. The molecule has 0 aromatic rings. The smallest absolute Gasteiger partial charge is 0.309 e. The van der Waals surface area contributed by atoms with Gasteiger partial charge in [-0.2, -0.15) is 0 Å². The molecule has 408 valence electrons. The molecular formula is C63H120O6. The first-order valence-electron chi connectivity index (χ1n) is 31.3. The van der Waals surface area contributed by atoms with Gasteiger partial charge in [0.25, 0.3) is 0 Å². The van der Waals surface area contributed by atoms with Gasteiger partial charge in [0.1, 0.15) is 13.2 Å².